The van der Waals surface area contributed by atoms with Crippen molar-refractivity contribution < 1.29 is 8.83 Å². The Kier molecular flexibility index (Phi) is 20.1. The van der Waals surface area contributed by atoms with Gasteiger partial charge >= 0.3 is 0 Å². The van der Waals surface area contributed by atoms with Gasteiger partial charge in [-0.15, -0.1) is 0 Å². The van der Waals surface area contributed by atoms with Crippen LogP contribution in [0.2, 0.25) is 0 Å². The highest BCUT2D eigenvalue weighted by Gasteiger charge is 2.12. The maximum Gasteiger partial charge on any atom is 0.139 e. The minimum Gasteiger partial charge on any atom is -0.456 e. The molecule has 2 heterocycles. The largest absolute Gasteiger partial charge is 0.456 e. The average molecular weight is 627 g/mol. The lowest BCUT2D eigenvalue weighted by atomic mass is 10.1. The standard InChI is InChI=1S/2C17H19NO.4C2H6/c1-3-18(4-2)12-13-8-7-10-15-14-9-5-6-11-16(14)19-17(13)15;1-3-18(4-2)12-13-9-10-15-14-7-5-6-8-16(14)19-17(15)11-13;4*1-2/h2*5-11H,3-4,12H2,1-2H3;4*1-2H3. The minimum absolute atomic E-state index is 0.949. The fourth-order valence-corrected chi connectivity index (χ4v) is 5.19. The first-order chi connectivity index (χ1) is 22.6. The molecule has 6 rings (SSSR count). The Labute approximate surface area is 280 Å². The number of fused-ring (bicyclic) bond motifs is 6. The molecule has 0 fully saturated rings. The van der Waals surface area contributed by atoms with Crippen LogP contribution in [0.1, 0.15) is 94.2 Å². The molecule has 6 aromatic rings. The second kappa shape index (κ2) is 22.8. The van der Waals surface area contributed by atoms with Crippen LogP contribution in [0, 0.1) is 0 Å². The van der Waals surface area contributed by atoms with Crippen molar-refractivity contribution in [2.45, 2.75) is 96.2 Å². The third-order valence-corrected chi connectivity index (χ3v) is 7.52. The zero-order valence-electron chi connectivity index (χ0n) is 31.0. The van der Waals surface area contributed by atoms with E-state index in [4.69, 9.17) is 8.83 Å². The fourth-order valence-electron chi connectivity index (χ4n) is 5.19. The number of furan rings is 2. The fraction of sp³-hybridized carbons (Fsp3) is 0.429. The Morgan fingerprint density at radius 1 is 0.435 bits per heavy atom. The number of benzene rings is 4. The summed E-state index contributed by atoms with van der Waals surface area (Å²) >= 11 is 0. The van der Waals surface area contributed by atoms with Gasteiger partial charge in [-0.3, -0.25) is 9.80 Å². The number of para-hydroxylation sites is 3. The monoisotopic (exact) mass is 626 g/mol. The molecule has 0 radical (unpaired) electrons. The van der Waals surface area contributed by atoms with E-state index in [1.54, 1.807) is 0 Å². The smallest absolute Gasteiger partial charge is 0.139 e. The van der Waals surface area contributed by atoms with Crippen LogP contribution in [0.25, 0.3) is 43.9 Å². The van der Waals surface area contributed by atoms with E-state index < -0.39 is 0 Å². The minimum atomic E-state index is 0.949. The zero-order chi connectivity index (χ0) is 34.5. The quantitative estimate of drug-likeness (QED) is 0.168. The molecule has 0 aliphatic carbocycles. The third kappa shape index (κ3) is 10.5. The highest BCUT2D eigenvalue weighted by molar-refractivity contribution is 6.06. The molecule has 0 spiro atoms. The zero-order valence-corrected chi connectivity index (χ0v) is 31.0. The van der Waals surface area contributed by atoms with Gasteiger partial charge in [0.2, 0.25) is 0 Å². The lowest BCUT2D eigenvalue weighted by Crippen LogP contribution is -2.22. The van der Waals surface area contributed by atoms with Crippen LogP contribution in [0.3, 0.4) is 0 Å². The molecular formula is C42H62N2O2. The second-order valence-electron chi connectivity index (χ2n) is 9.74. The van der Waals surface area contributed by atoms with Crippen LogP contribution in [0.5, 0.6) is 0 Å². The van der Waals surface area contributed by atoms with Crippen molar-refractivity contribution in [3.8, 4) is 0 Å². The molecule has 4 aromatic carbocycles. The molecule has 4 nitrogen and oxygen atoms in total. The van der Waals surface area contributed by atoms with Crippen molar-refractivity contribution >= 4 is 43.9 Å². The Morgan fingerprint density at radius 2 is 0.891 bits per heavy atom. The Balaban J connectivity index is 0.000000379. The summed E-state index contributed by atoms with van der Waals surface area (Å²) in [6.45, 7) is 31.0. The van der Waals surface area contributed by atoms with Gasteiger partial charge in [0, 0.05) is 40.2 Å². The summed E-state index contributed by atoms with van der Waals surface area (Å²) in [5, 5.41) is 4.84. The Hall–Kier alpha value is -3.60. The first-order valence-corrected chi connectivity index (χ1v) is 17.9. The summed E-state index contributed by atoms with van der Waals surface area (Å²) in [6.07, 6.45) is 0. The lowest BCUT2D eigenvalue weighted by molar-refractivity contribution is 0.296. The van der Waals surface area contributed by atoms with Gasteiger partial charge in [0.05, 0.1) is 0 Å². The summed E-state index contributed by atoms with van der Waals surface area (Å²) in [7, 11) is 0. The normalized spacial score (nSPS) is 10.2. The van der Waals surface area contributed by atoms with Gasteiger partial charge < -0.3 is 8.83 Å². The first-order valence-electron chi connectivity index (χ1n) is 17.9. The van der Waals surface area contributed by atoms with Crippen LogP contribution >= 0.6 is 0 Å². The van der Waals surface area contributed by atoms with Crippen molar-refractivity contribution in [1.29, 1.82) is 0 Å². The van der Waals surface area contributed by atoms with Crippen LogP contribution < -0.4 is 0 Å². The summed E-state index contributed by atoms with van der Waals surface area (Å²) < 4.78 is 12.0. The third-order valence-electron chi connectivity index (χ3n) is 7.52. The molecule has 0 saturated heterocycles. The van der Waals surface area contributed by atoms with Crippen molar-refractivity contribution in [2.24, 2.45) is 0 Å². The summed E-state index contributed by atoms with van der Waals surface area (Å²) in [6, 6.07) is 29.5. The number of rotatable bonds is 8. The van der Waals surface area contributed by atoms with E-state index in [9.17, 15) is 0 Å². The number of nitrogens with zero attached hydrogens (tertiary/aromatic N) is 2. The van der Waals surface area contributed by atoms with E-state index in [1.165, 1.54) is 32.7 Å². The molecule has 46 heavy (non-hydrogen) atoms. The van der Waals surface area contributed by atoms with E-state index in [0.717, 1.165) is 61.6 Å². The molecule has 0 saturated carbocycles. The SMILES string of the molecule is CC.CC.CC.CC.CCN(CC)Cc1ccc2c(c1)oc1ccccc12.CCN(CC)Cc1cccc2c1oc1ccccc12. The van der Waals surface area contributed by atoms with Gasteiger partial charge in [-0.05, 0) is 49.9 Å². The molecular weight excluding hydrogens is 564 g/mol. The molecule has 0 aliphatic heterocycles. The summed E-state index contributed by atoms with van der Waals surface area (Å²) in [4.78, 5) is 4.81. The van der Waals surface area contributed by atoms with E-state index in [-0.39, 0.29) is 0 Å². The highest BCUT2D eigenvalue weighted by atomic mass is 16.3. The molecule has 0 amide bonds. The van der Waals surface area contributed by atoms with Crippen molar-refractivity contribution in [3.63, 3.8) is 0 Å². The summed E-state index contributed by atoms with van der Waals surface area (Å²) in [5.74, 6) is 0. The Bertz CT molecular complexity index is 1640. The Morgan fingerprint density at radius 3 is 1.46 bits per heavy atom. The van der Waals surface area contributed by atoms with Gasteiger partial charge in [-0.1, -0.05) is 150 Å². The molecule has 0 atom stereocenters. The van der Waals surface area contributed by atoms with E-state index in [1.807, 2.05) is 79.7 Å². The highest BCUT2D eigenvalue weighted by Crippen LogP contribution is 2.31. The number of hydrogen-bond donors (Lipinski definition) is 0. The van der Waals surface area contributed by atoms with Gasteiger partial charge in [-0.2, -0.15) is 0 Å². The maximum absolute atomic E-state index is 6.05. The van der Waals surface area contributed by atoms with Crippen LogP contribution in [0.15, 0.2) is 93.8 Å². The van der Waals surface area contributed by atoms with Gasteiger partial charge in [0.25, 0.3) is 0 Å². The van der Waals surface area contributed by atoms with Gasteiger partial charge in [-0.25, -0.2) is 0 Å². The van der Waals surface area contributed by atoms with Crippen LogP contribution in [-0.4, -0.2) is 36.0 Å². The molecule has 4 heteroatoms. The lowest BCUT2D eigenvalue weighted by Gasteiger charge is -2.17. The van der Waals surface area contributed by atoms with Gasteiger partial charge in [0.1, 0.15) is 22.3 Å². The topological polar surface area (TPSA) is 32.8 Å². The van der Waals surface area contributed by atoms with Crippen molar-refractivity contribution in [2.75, 3.05) is 26.2 Å². The maximum atomic E-state index is 6.05. The molecule has 2 aromatic heterocycles. The van der Waals surface area contributed by atoms with Crippen LogP contribution in [0.4, 0.5) is 0 Å². The van der Waals surface area contributed by atoms with E-state index in [0.29, 0.717) is 0 Å². The van der Waals surface area contributed by atoms with Gasteiger partial charge in [0.15, 0.2) is 0 Å². The summed E-state index contributed by atoms with van der Waals surface area (Å²) in [5.41, 5.74) is 6.57. The molecule has 0 aliphatic rings. The molecule has 252 valence electrons. The molecule has 0 bridgehead atoms. The molecule has 0 N–H and O–H groups in total. The second-order valence-corrected chi connectivity index (χ2v) is 9.74. The number of hydrogen-bond acceptors (Lipinski definition) is 4. The van der Waals surface area contributed by atoms with E-state index >= 15 is 0 Å². The van der Waals surface area contributed by atoms with Crippen molar-refractivity contribution in [3.05, 3.63) is 96.1 Å². The molecule has 0 unspecified atom stereocenters. The van der Waals surface area contributed by atoms with Crippen LogP contribution in [-0.2, 0) is 13.1 Å². The predicted octanol–water partition coefficient (Wildman–Crippen LogP) is 13.0. The predicted molar refractivity (Wildman–Crippen MR) is 206 cm³/mol. The van der Waals surface area contributed by atoms with Crippen molar-refractivity contribution in [1.82, 2.24) is 9.80 Å². The average Bonchev–Trinajstić information content (AvgIpc) is 3.72. The van der Waals surface area contributed by atoms with E-state index in [2.05, 4.69) is 98.2 Å². The first kappa shape index (κ1) is 40.4.